The number of hydrogen-bond acceptors (Lipinski definition) is 2. The highest BCUT2D eigenvalue weighted by Gasteiger charge is 2.11. The van der Waals surface area contributed by atoms with E-state index < -0.39 is 0 Å². The predicted molar refractivity (Wildman–Crippen MR) is 69.2 cm³/mol. The first kappa shape index (κ1) is 10.9. The Kier molecular flexibility index (Phi) is 2.95. The lowest BCUT2D eigenvalue weighted by Crippen LogP contribution is -2.01. The largest absolute Gasteiger partial charge is 0.233 e. The molecule has 0 atom stereocenters. The average molecular weight is 315 g/mol. The van der Waals surface area contributed by atoms with Crippen LogP contribution in [0.4, 0.5) is 0 Å². The van der Waals surface area contributed by atoms with Gasteiger partial charge < -0.3 is 0 Å². The molecule has 80 valence electrons. The number of aromatic nitrogens is 3. The summed E-state index contributed by atoms with van der Waals surface area (Å²) >= 11 is 2.31. The third kappa shape index (κ3) is 1.87. The summed E-state index contributed by atoms with van der Waals surface area (Å²) in [6.45, 7) is 6.25. The number of hydrogen-bond donors (Lipinski definition) is 0. The monoisotopic (exact) mass is 315 g/mol. The molecule has 0 N–H and O–H groups in total. The molecule has 0 unspecified atom stereocenters. The van der Waals surface area contributed by atoms with Gasteiger partial charge in [0.2, 0.25) is 0 Å². The van der Waals surface area contributed by atoms with E-state index in [-0.39, 0.29) is 0 Å². The van der Waals surface area contributed by atoms with E-state index in [0.29, 0.717) is 0 Å². The Balaban J connectivity index is 2.74. The fraction of sp³-hybridized carbons (Fsp3) is 0.455. The third-order valence-electron chi connectivity index (χ3n) is 2.40. The van der Waals surface area contributed by atoms with Crippen molar-refractivity contribution in [2.75, 3.05) is 0 Å². The quantitative estimate of drug-likeness (QED) is 0.798. The highest BCUT2D eigenvalue weighted by Crippen LogP contribution is 2.18. The number of rotatable bonds is 2. The average Bonchev–Trinajstić information content (AvgIpc) is 2.46. The van der Waals surface area contributed by atoms with Gasteiger partial charge in [-0.1, -0.05) is 13.3 Å². The Hall–Kier alpha value is -0.650. The summed E-state index contributed by atoms with van der Waals surface area (Å²) < 4.78 is 3.14. The molecule has 0 aliphatic carbocycles. The highest BCUT2D eigenvalue weighted by atomic mass is 127. The van der Waals surface area contributed by atoms with Crippen molar-refractivity contribution in [3.63, 3.8) is 0 Å². The van der Waals surface area contributed by atoms with Crippen LogP contribution in [0.15, 0.2) is 6.07 Å². The summed E-state index contributed by atoms with van der Waals surface area (Å²) in [5.74, 6) is 0. The lowest BCUT2D eigenvalue weighted by molar-refractivity contribution is 0.785. The maximum absolute atomic E-state index is 4.53. The molecule has 0 bridgehead atoms. The lowest BCUT2D eigenvalue weighted by atomic mass is 10.2. The second kappa shape index (κ2) is 4.08. The van der Waals surface area contributed by atoms with Crippen LogP contribution in [0, 0.1) is 17.4 Å². The van der Waals surface area contributed by atoms with E-state index >= 15 is 0 Å². The molecule has 3 nitrogen and oxygen atoms in total. The van der Waals surface area contributed by atoms with Gasteiger partial charge in [0.05, 0.1) is 9.26 Å². The van der Waals surface area contributed by atoms with Crippen LogP contribution in [0.3, 0.4) is 0 Å². The molecule has 0 aliphatic heterocycles. The first-order chi connectivity index (χ1) is 7.13. The van der Waals surface area contributed by atoms with Crippen LogP contribution in [0.5, 0.6) is 0 Å². The Morgan fingerprint density at radius 3 is 2.80 bits per heavy atom. The molecule has 2 aromatic rings. The normalized spacial score (nSPS) is 11.2. The van der Waals surface area contributed by atoms with Crippen LogP contribution in [-0.2, 0) is 6.42 Å². The van der Waals surface area contributed by atoms with Gasteiger partial charge in [0.1, 0.15) is 0 Å². The molecule has 0 aliphatic rings. The Morgan fingerprint density at radius 1 is 1.40 bits per heavy atom. The number of halogens is 1. The molecule has 0 spiro atoms. The van der Waals surface area contributed by atoms with Crippen molar-refractivity contribution in [1.82, 2.24) is 14.6 Å². The second-order valence-electron chi connectivity index (χ2n) is 3.77. The highest BCUT2D eigenvalue weighted by molar-refractivity contribution is 14.1. The summed E-state index contributed by atoms with van der Waals surface area (Å²) in [7, 11) is 0. The van der Waals surface area contributed by atoms with Crippen LogP contribution in [-0.4, -0.2) is 14.6 Å². The van der Waals surface area contributed by atoms with Crippen molar-refractivity contribution < 1.29 is 0 Å². The summed E-state index contributed by atoms with van der Waals surface area (Å²) in [5, 5.41) is 4.52. The molecule has 0 radical (unpaired) electrons. The van der Waals surface area contributed by atoms with Gasteiger partial charge in [0.25, 0.3) is 0 Å². The molecule has 0 saturated heterocycles. The molecule has 2 aromatic heterocycles. The topological polar surface area (TPSA) is 30.2 Å². The Bertz CT molecular complexity index is 502. The molecular weight excluding hydrogens is 301 g/mol. The van der Waals surface area contributed by atoms with E-state index in [0.717, 1.165) is 33.4 Å². The summed E-state index contributed by atoms with van der Waals surface area (Å²) in [6.07, 6.45) is 2.19. The Labute approximate surface area is 103 Å². The van der Waals surface area contributed by atoms with Gasteiger partial charge in [0, 0.05) is 11.4 Å². The van der Waals surface area contributed by atoms with Crippen molar-refractivity contribution in [2.45, 2.75) is 33.6 Å². The SMILES string of the molecule is CCCc1cc(C)nc2c(I)c(C)nn12. The zero-order chi connectivity index (χ0) is 11.0. The van der Waals surface area contributed by atoms with Crippen molar-refractivity contribution in [3.05, 3.63) is 26.7 Å². The van der Waals surface area contributed by atoms with Crippen LogP contribution in [0.1, 0.15) is 30.4 Å². The van der Waals surface area contributed by atoms with Gasteiger partial charge in [-0.25, -0.2) is 9.50 Å². The molecule has 0 amide bonds. The van der Waals surface area contributed by atoms with Crippen molar-refractivity contribution >= 4 is 28.2 Å². The summed E-state index contributed by atoms with van der Waals surface area (Å²) in [4.78, 5) is 4.53. The molecule has 0 aromatic carbocycles. The van der Waals surface area contributed by atoms with Gasteiger partial charge in [-0.05, 0) is 48.9 Å². The molecule has 4 heteroatoms. The molecule has 15 heavy (non-hydrogen) atoms. The lowest BCUT2D eigenvalue weighted by Gasteiger charge is -2.04. The number of fused-ring (bicyclic) bond motifs is 1. The van der Waals surface area contributed by atoms with Crippen molar-refractivity contribution in [2.24, 2.45) is 0 Å². The van der Waals surface area contributed by atoms with Crippen molar-refractivity contribution in [1.29, 1.82) is 0 Å². The van der Waals surface area contributed by atoms with E-state index in [2.05, 4.69) is 45.7 Å². The minimum Gasteiger partial charge on any atom is -0.233 e. The minimum absolute atomic E-state index is 0.997. The summed E-state index contributed by atoms with van der Waals surface area (Å²) in [6, 6.07) is 2.12. The number of nitrogens with zero attached hydrogens (tertiary/aromatic N) is 3. The smallest absolute Gasteiger partial charge is 0.169 e. The minimum atomic E-state index is 0.997. The molecular formula is C11H14IN3. The first-order valence-corrected chi connectivity index (χ1v) is 6.22. The Morgan fingerprint density at radius 2 is 2.13 bits per heavy atom. The fourth-order valence-electron chi connectivity index (χ4n) is 1.73. The van der Waals surface area contributed by atoms with E-state index in [1.54, 1.807) is 0 Å². The van der Waals surface area contributed by atoms with E-state index in [9.17, 15) is 0 Å². The van der Waals surface area contributed by atoms with E-state index in [1.165, 1.54) is 5.69 Å². The van der Waals surface area contributed by atoms with Crippen LogP contribution < -0.4 is 0 Å². The standard InChI is InChI=1S/C11H14IN3/c1-4-5-9-6-7(2)13-11-10(12)8(3)14-15(9)11/h6H,4-5H2,1-3H3. The van der Waals surface area contributed by atoms with E-state index in [1.807, 2.05) is 18.4 Å². The van der Waals surface area contributed by atoms with Gasteiger partial charge in [-0.3, -0.25) is 0 Å². The van der Waals surface area contributed by atoms with Crippen LogP contribution >= 0.6 is 22.6 Å². The van der Waals surface area contributed by atoms with Gasteiger partial charge in [-0.2, -0.15) is 5.10 Å². The van der Waals surface area contributed by atoms with E-state index in [4.69, 9.17) is 0 Å². The van der Waals surface area contributed by atoms with Gasteiger partial charge in [-0.15, -0.1) is 0 Å². The zero-order valence-corrected chi connectivity index (χ0v) is 11.4. The molecule has 2 heterocycles. The molecule has 0 saturated carbocycles. The summed E-state index contributed by atoms with van der Waals surface area (Å²) in [5.41, 5.74) is 4.39. The first-order valence-electron chi connectivity index (χ1n) is 5.15. The van der Waals surface area contributed by atoms with Gasteiger partial charge in [0.15, 0.2) is 5.65 Å². The van der Waals surface area contributed by atoms with Gasteiger partial charge >= 0.3 is 0 Å². The predicted octanol–water partition coefficient (Wildman–Crippen LogP) is 2.90. The maximum atomic E-state index is 4.53. The van der Waals surface area contributed by atoms with Crippen LogP contribution in [0.2, 0.25) is 0 Å². The van der Waals surface area contributed by atoms with Crippen LogP contribution in [0.25, 0.3) is 5.65 Å². The maximum Gasteiger partial charge on any atom is 0.169 e. The molecule has 2 rings (SSSR count). The third-order valence-corrected chi connectivity index (χ3v) is 3.66. The zero-order valence-electron chi connectivity index (χ0n) is 9.21. The number of aryl methyl sites for hydroxylation is 3. The van der Waals surface area contributed by atoms with Crippen molar-refractivity contribution in [3.8, 4) is 0 Å². The fourth-order valence-corrected chi connectivity index (χ4v) is 2.19. The second-order valence-corrected chi connectivity index (χ2v) is 4.85. The molecule has 0 fully saturated rings.